The number of hydrogen-bond acceptors (Lipinski definition) is 6. The molecule has 8 heteroatoms. The number of nitrogens with zero attached hydrogens (tertiary/aromatic N) is 2. The lowest BCUT2D eigenvalue weighted by atomic mass is 10.2. The minimum Gasteiger partial charge on any atom is -0.497 e. The maximum atomic E-state index is 12.0. The highest BCUT2D eigenvalue weighted by Crippen LogP contribution is 2.24. The third kappa shape index (κ3) is 5.00. The number of thioether (sulfide) groups is 1. The monoisotopic (exact) mass is 389 g/mol. The van der Waals surface area contributed by atoms with Gasteiger partial charge in [-0.1, -0.05) is 35.5 Å². The highest BCUT2D eigenvalue weighted by atomic mass is 35.5. The van der Waals surface area contributed by atoms with Crippen LogP contribution in [0.1, 0.15) is 5.56 Å². The molecule has 0 bridgehead atoms. The molecule has 134 valence electrons. The number of ether oxygens (including phenoxy) is 1. The lowest BCUT2D eigenvalue weighted by Gasteiger charge is -2.04. The van der Waals surface area contributed by atoms with Gasteiger partial charge in [0.2, 0.25) is 11.8 Å². The average Bonchev–Trinajstić information content (AvgIpc) is 3.14. The Balaban J connectivity index is 1.50. The Kier molecular flexibility index (Phi) is 6.14. The molecule has 6 nitrogen and oxygen atoms in total. The summed E-state index contributed by atoms with van der Waals surface area (Å²) in [4.78, 5) is 12.0. The fraction of sp³-hybridized carbons (Fsp3) is 0.167. The SMILES string of the molecule is COc1ccc(-c2nnc(SCC(=O)NCc3cccc(Cl)c3)o2)cc1. The Morgan fingerprint density at radius 3 is 2.77 bits per heavy atom. The largest absolute Gasteiger partial charge is 0.497 e. The van der Waals surface area contributed by atoms with E-state index in [0.717, 1.165) is 16.9 Å². The molecule has 0 unspecified atom stereocenters. The highest BCUT2D eigenvalue weighted by Gasteiger charge is 2.11. The molecule has 1 amide bonds. The summed E-state index contributed by atoms with van der Waals surface area (Å²) in [6, 6.07) is 14.6. The molecule has 1 N–H and O–H groups in total. The van der Waals surface area contributed by atoms with E-state index in [1.54, 1.807) is 13.2 Å². The molecule has 3 aromatic rings. The van der Waals surface area contributed by atoms with Crippen molar-refractivity contribution in [2.45, 2.75) is 11.8 Å². The number of carbonyl (C=O) groups is 1. The van der Waals surface area contributed by atoms with E-state index in [4.69, 9.17) is 20.8 Å². The summed E-state index contributed by atoms with van der Waals surface area (Å²) in [6.45, 7) is 0.418. The molecule has 0 radical (unpaired) electrons. The first-order valence-corrected chi connectivity index (χ1v) is 9.12. The fourth-order valence-electron chi connectivity index (χ4n) is 2.14. The van der Waals surface area contributed by atoms with Crippen LogP contribution in [0.5, 0.6) is 5.75 Å². The molecule has 26 heavy (non-hydrogen) atoms. The number of halogens is 1. The molecule has 0 spiro atoms. The molecule has 0 atom stereocenters. The van der Waals surface area contributed by atoms with Gasteiger partial charge in [-0.05, 0) is 42.0 Å². The number of hydrogen-bond donors (Lipinski definition) is 1. The molecule has 0 saturated heterocycles. The third-order valence-electron chi connectivity index (χ3n) is 3.45. The van der Waals surface area contributed by atoms with E-state index < -0.39 is 0 Å². The minimum absolute atomic E-state index is 0.126. The van der Waals surface area contributed by atoms with Crippen LogP contribution < -0.4 is 10.1 Å². The van der Waals surface area contributed by atoms with Gasteiger partial charge in [0, 0.05) is 17.1 Å². The number of nitrogens with one attached hydrogen (secondary N) is 1. The van der Waals surface area contributed by atoms with Crippen LogP contribution in [-0.2, 0) is 11.3 Å². The van der Waals surface area contributed by atoms with Crippen molar-refractivity contribution in [1.82, 2.24) is 15.5 Å². The molecular weight excluding hydrogens is 374 g/mol. The zero-order valence-electron chi connectivity index (χ0n) is 13.9. The lowest BCUT2D eigenvalue weighted by molar-refractivity contribution is -0.118. The Morgan fingerprint density at radius 2 is 2.04 bits per heavy atom. The Morgan fingerprint density at radius 1 is 1.23 bits per heavy atom. The lowest BCUT2D eigenvalue weighted by Crippen LogP contribution is -2.24. The van der Waals surface area contributed by atoms with Gasteiger partial charge >= 0.3 is 0 Å². The van der Waals surface area contributed by atoms with Crippen molar-refractivity contribution in [1.29, 1.82) is 0 Å². The van der Waals surface area contributed by atoms with Crippen LogP contribution in [0.4, 0.5) is 0 Å². The second kappa shape index (κ2) is 8.73. The van der Waals surface area contributed by atoms with Crippen molar-refractivity contribution in [3.05, 3.63) is 59.1 Å². The van der Waals surface area contributed by atoms with Gasteiger partial charge in [-0.15, -0.1) is 10.2 Å². The zero-order valence-corrected chi connectivity index (χ0v) is 15.5. The number of rotatable bonds is 7. The van der Waals surface area contributed by atoms with Gasteiger partial charge in [-0.25, -0.2) is 0 Å². The van der Waals surface area contributed by atoms with Gasteiger partial charge in [0.15, 0.2) is 0 Å². The number of carbonyl (C=O) groups excluding carboxylic acids is 1. The van der Waals surface area contributed by atoms with Crippen molar-refractivity contribution in [3.8, 4) is 17.2 Å². The molecule has 0 saturated carbocycles. The molecule has 3 rings (SSSR count). The molecule has 2 aromatic carbocycles. The van der Waals surface area contributed by atoms with Crippen LogP contribution in [-0.4, -0.2) is 29.0 Å². The highest BCUT2D eigenvalue weighted by molar-refractivity contribution is 7.99. The van der Waals surface area contributed by atoms with Crippen LogP contribution >= 0.6 is 23.4 Å². The van der Waals surface area contributed by atoms with Crippen molar-refractivity contribution < 1.29 is 13.9 Å². The van der Waals surface area contributed by atoms with Gasteiger partial charge in [0.05, 0.1) is 12.9 Å². The predicted molar refractivity (Wildman–Crippen MR) is 100 cm³/mol. The van der Waals surface area contributed by atoms with Crippen molar-refractivity contribution >= 4 is 29.3 Å². The van der Waals surface area contributed by atoms with Gasteiger partial charge < -0.3 is 14.5 Å². The minimum atomic E-state index is -0.126. The van der Waals surface area contributed by atoms with Crippen LogP contribution in [0.25, 0.3) is 11.5 Å². The summed E-state index contributed by atoms with van der Waals surface area (Å²) in [5.74, 6) is 1.21. The van der Waals surface area contributed by atoms with Crippen LogP contribution in [0.3, 0.4) is 0 Å². The van der Waals surface area contributed by atoms with Gasteiger partial charge in [-0.3, -0.25) is 4.79 Å². The molecule has 0 aliphatic rings. The molecule has 0 fully saturated rings. The second-order valence-electron chi connectivity index (χ2n) is 5.30. The van der Waals surface area contributed by atoms with E-state index in [1.807, 2.05) is 42.5 Å². The van der Waals surface area contributed by atoms with Crippen molar-refractivity contribution in [2.24, 2.45) is 0 Å². The summed E-state index contributed by atoms with van der Waals surface area (Å²) >= 11 is 7.11. The average molecular weight is 390 g/mol. The fourth-order valence-corrected chi connectivity index (χ4v) is 2.95. The Labute approximate surface area is 159 Å². The van der Waals surface area contributed by atoms with Gasteiger partial charge in [0.1, 0.15) is 5.75 Å². The first-order valence-electron chi connectivity index (χ1n) is 7.76. The first kappa shape index (κ1) is 18.3. The molecule has 0 aliphatic heterocycles. The molecule has 0 aliphatic carbocycles. The number of benzene rings is 2. The van der Waals surface area contributed by atoms with Crippen LogP contribution in [0, 0.1) is 0 Å². The van der Waals surface area contributed by atoms with E-state index >= 15 is 0 Å². The number of aromatic nitrogens is 2. The van der Waals surface area contributed by atoms with E-state index in [0.29, 0.717) is 22.7 Å². The van der Waals surface area contributed by atoms with Crippen molar-refractivity contribution in [2.75, 3.05) is 12.9 Å². The first-order chi connectivity index (χ1) is 12.6. The predicted octanol–water partition coefficient (Wildman–Crippen LogP) is 3.81. The summed E-state index contributed by atoms with van der Waals surface area (Å²) in [7, 11) is 1.61. The van der Waals surface area contributed by atoms with Crippen molar-refractivity contribution in [3.63, 3.8) is 0 Å². The smallest absolute Gasteiger partial charge is 0.277 e. The summed E-state index contributed by atoms with van der Waals surface area (Å²) in [6.07, 6.45) is 0. The Bertz CT molecular complexity index is 883. The summed E-state index contributed by atoms with van der Waals surface area (Å²) in [5.41, 5.74) is 1.73. The Hall–Kier alpha value is -2.51. The zero-order chi connectivity index (χ0) is 18.4. The maximum Gasteiger partial charge on any atom is 0.277 e. The number of methoxy groups -OCH3 is 1. The third-order valence-corrected chi connectivity index (χ3v) is 4.50. The standard InChI is InChI=1S/C18H16ClN3O3S/c1-24-15-7-5-13(6-8-15)17-21-22-18(25-17)26-11-16(23)20-10-12-3-2-4-14(19)9-12/h2-9H,10-11H2,1H3,(H,20,23). The molecule has 1 aromatic heterocycles. The van der Waals surface area contributed by atoms with E-state index in [1.165, 1.54) is 11.8 Å². The van der Waals surface area contributed by atoms with Gasteiger partial charge in [-0.2, -0.15) is 0 Å². The number of amides is 1. The van der Waals surface area contributed by atoms with E-state index in [-0.39, 0.29) is 11.7 Å². The van der Waals surface area contributed by atoms with E-state index in [9.17, 15) is 4.79 Å². The quantitative estimate of drug-likeness (QED) is 0.619. The normalized spacial score (nSPS) is 10.5. The summed E-state index contributed by atoms with van der Waals surface area (Å²) in [5, 5.41) is 11.8. The van der Waals surface area contributed by atoms with Gasteiger partial charge in [0.25, 0.3) is 5.22 Å². The molecular formula is C18H16ClN3O3S. The maximum absolute atomic E-state index is 12.0. The van der Waals surface area contributed by atoms with E-state index in [2.05, 4.69) is 15.5 Å². The van der Waals surface area contributed by atoms with Crippen LogP contribution in [0.2, 0.25) is 5.02 Å². The topological polar surface area (TPSA) is 77.2 Å². The van der Waals surface area contributed by atoms with Crippen LogP contribution in [0.15, 0.2) is 58.2 Å². The molecule has 1 heterocycles. The summed E-state index contributed by atoms with van der Waals surface area (Å²) < 4.78 is 10.7. The second-order valence-corrected chi connectivity index (χ2v) is 6.66.